The van der Waals surface area contributed by atoms with E-state index in [9.17, 15) is 0 Å². The standard InChI is InChI=1S/C14H17NO2/c1-9-7-16-14(17-8-9)12-4-10(2)13(6-15)11(3)5-12/h4-5,9,14H,7-8H2,1-3H3. The third kappa shape index (κ3) is 2.49. The fourth-order valence-electron chi connectivity index (χ4n) is 2.10. The molecule has 0 bridgehead atoms. The van der Waals surface area contributed by atoms with Crippen molar-refractivity contribution in [3.8, 4) is 6.07 Å². The van der Waals surface area contributed by atoms with Gasteiger partial charge in [0.1, 0.15) is 0 Å². The van der Waals surface area contributed by atoms with Crippen LogP contribution in [0.25, 0.3) is 0 Å². The van der Waals surface area contributed by atoms with Crippen LogP contribution in [0.5, 0.6) is 0 Å². The molecule has 90 valence electrons. The summed E-state index contributed by atoms with van der Waals surface area (Å²) in [4.78, 5) is 0. The zero-order valence-corrected chi connectivity index (χ0v) is 10.5. The number of nitrogens with zero attached hydrogens (tertiary/aromatic N) is 1. The lowest BCUT2D eigenvalue weighted by Gasteiger charge is -2.28. The van der Waals surface area contributed by atoms with Crippen molar-refractivity contribution in [1.82, 2.24) is 0 Å². The summed E-state index contributed by atoms with van der Waals surface area (Å²) in [5, 5.41) is 9.02. The monoisotopic (exact) mass is 231 g/mol. The Morgan fingerprint density at radius 2 is 1.71 bits per heavy atom. The van der Waals surface area contributed by atoms with Crippen LogP contribution < -0.4 is 0 Å². The van der Waals surface area contributed by atoms with E-state index in [1.165, 1.54) is 0 Å². The summed E-state index contributed by atoms with van der Waals surface area (Å²) in [5.41, 5.74) is 3.71. The van der Waals surface area contributed by atoms with Crippen molar-refractivity contribution in [3.63, 3.8) is 0 Å². The number of benzene rings is 1. The van der Waals surface area contributed by atoms with Gasteiger partial charge in [-0.2, -0.15) is 5.26 Å². The minimum Gasteiger partial charge on any atom is -0.348 e. The van der Waals surface area contributed by atoms with Crippen LogP contribution in [0.4, 0.5) is 0 Å². The summed E-state index contributed by atoms with van der Waals surface area (Å²) in [5.74, 6) is 0.451. The largest absolute Gasteiger partial charge is 0.348 e. The molecule has 0 N–H and O–H groups in total. The van der Waals surface area contributed by atoms with Gasteiger partial charge >= 0.3 is 0 Å². The highest BCUT2D eigenvalue weighted by Gasteiger charge is 2.21. The highest BCUT2D eigenvalue weighted by Crippen LogP contribution is 2.27. The highest BCUT2D eigenvalue weighted by atomic mass is 16.7. The fraction of sp³-hybridized carbons (Fsp3) is 0.500. The van der Waals surface area contributed by atoms with Crippen molar-refractivity contribution >= 4 is 0 Å². The number of rotatable bonds is 1. The van der Waals surface area contributed by atoms with Crippen LogP contribution in [0.2, 0.25) is 0 Å². The molecule has 0 atom stereocenters. The van der Waals surface area contributed by atoms with Crippen LogP contribution in [0.15, 0.2) is 12.1 Å². The molecule has 1 aromatic rings. The van der Waals surface area contributed by atoms with Crippen LogP contribution in [0.3, 0.4) is 0 Å². The van der Waals surface area contributed by atoms with Gasteiger partial charge in [-0.1, -0.05) is 6.92 Å². The summed E-state index contributed by atoms with van der Waals surface area (Å²) in [6, 6.07) is 6.18. The van der Waals surface area contributed by atoms with Crippen molar-refractivity contribution in [2.75, 3.05) is 13.2 Å². The first kappa shape index (κ1) is 12.1. The molecule has 0 spiro atoms. The Morgan fingerprint density at radius 3 is 2.18 bits per heavy atom. The molecular weight excluding hydrogens is 214 g/mol. The first-order valence-corrected chi connectivity index (χ1v) is 5.86. The molecule has 3 heteroatoms. The first-order chi connectivity index (χ1) is 8.11. The lowest BCUT2D eigenvalue weighted by Crippen LogP contribution is -2.25. The third-order valence-corrected chi connectivity index (χ3v) is 3.00. The Hall–Kier alpha value is -1.37. The van der Waals surface area contributed by atoms with E-state index >= 15 is 0 Å². The van der Waals surface area contributed by atoms with Gasteiger partial charge in [0.2, 0.25) is 0 Å². The zero-order chi connectivity index (χ0) is 12.4. The normalized spacial score (nSPS) is 24.4. The zero-order valence-electron chi connectivity index (χ0n) is 10.5. The highest BCUT2D eigenvalue weighted by molar-refractivity contribution is 5.46. The summed E-state index contributed by atoms with van der Waals surface area (Å²) < 4.78 is 11.3. The molecule has 3 nitrogen and oxygen atoms in total. The van der Waals surface area contributed by atoms with E-state index in [-0.39, 0.29) is 6.29 Å². The fourth-order valence-corrected chi connectivity index (χ4v) is 2.10. The van der Waals surface area contributed by atoms with Gasteiger partial charge < -0.3 is 9.47 Å². The Morgan fingerprint density at radius 1 is 1.18 bits per heavy atom. The number of hydrogen-bond donors (Lipinski definition) is 0. The van der Waals surface area contributed by atoms with Crippen LogP contribution >= 0.6 is 0 Å². The molecule has 17 heavy (non-hydrogen) atoms. The molecule has 2 rings (SSSR count). The van der Waals surface area contributed by atoms with Crippen molar-refractivity contribution in [3.05, 3.63) is 34.4 Å². The number of hydrogen-bond acceptors (Lipinski definition) is 3. The van der Waals surface area contributed by atoms with Crippen molar-refractivity contribution in [2.24, 2.45) is 5.92 Å². The molecule has 1 fully saturated rings. The maximum absolute atomic E-state index is 9.02. The van der Waals surface area contributed by atoms with Crippen molar-refractivity contribution in [2.45, 2.75) is 27.1 Å². The summed E-state index contributed by atoms with van der Waals surface area (Å²) in [7, 11) is 0. The SMILES string of the molecule is Cc1cc(C2OCC(C)CO2)cc(C)c1C#N. The molecule has 1 saturated heterocycles. The third-order valence-electron chi connectivity index (χ3n) is 3.00. The van der Waals surface area contributed by atoms with E-state index < -0.39 is 0 Å². The number of ether oxygens (including phenoxy) is 2. The molecular formula is C14H17NO2. The Balaban J connectivity index is 2.26. The van der Waals surface area contributed by atoms with Gasteiger partial charge in [-0.05, 0) is 37.1 Å². The maximum atomic E-state index is 9.02. The van der Waals surface area contributed by atoms with Gasteiger partial charge in [0.25, 0.3) is 0 Å². The Labute approximate surface area is 102 Å². The minimum absolute atomic E-state index is 0.281. The van der Waals surface area contributed by atoms with Crippen LogP contribution in [-0.4, -0.2) is 13.2 Å². The van der Waals surface area contributed by atoms with Crippen LogP contribution in [0.1, 0.15) is 35.5 Å². The summed E-state index contributed by atoms with van der Waals surface area (Å²) in [6.45, 7) is 7.44. The van der Waals surface area contributed by atoms with Gasteiger partial charge in [-0.3, -0.25) is 0 Å². The van der Waals surface area contributed by atoms with Crippen molar-refractivity contribution < 1.29 is 9.47 Å². The molecule has 0 unspecified atom stereocenters. The van der Waals surface area contributed by atoms with E-state index in [1.54, 1.807) is 0 Å². The predicted octanol–water partition coefficient (Wildman–Crippen LogP) is 2.86. The smallest absolute Gasteiger partial charge is 0.183 e. The van der Waals surface area contributed by atoms with Crippen LogP contribution in [-0.2, 0) is 9.47 Å². The van der Waals surface area contributed by atoms with E-state index in [0.29, 0.717) is 5.92 Å². The lowest BCUT2D eigenvalue weighted by atomic mass is 10.00. The molecule has 0 radical (unpaired) electrons. The van der Waals surface area contributed by atoms with Gasteiger partial charge in [0, 0.05) is 11.5 Å². The second kappa shape index (κ2) is 4.87. The number of nitriles is 1. The molecule has 1 aliphatic rings. The van der Waals surface area contributed by atoms with Gasteiger partial charge in [0.15, 0.2) is 6.29 Å². The Kier molecular flexibility index (Phi) is 3.46. The molecule has 0 aromatic heterocycles. The average molecular weight is 231 g/mol. The Bertz CT molecular complexity index is 431. The molecule has 1 aliphatic heterocycles. The second-order valence-electron chi connectivity index (χ2n) is 4.75. The summed E-state index contributed by atoms with van der Waals surface area (Å²) >= 11 is 0. The molecule has 0 saturated carbocycles. The quantitative estimate of drug-likeness (QED) is 0.746. The van der Waals surface area contributed by atoms with Crippen molar-refractivity contribution in [1.29, 1.82) is 5.26 Å². The average Bonchev–Trinajstić information content (AvgIpc) is 2.29. The first-order valence-electron chi connectivity index (χ1n) is 5.86. The molecule has 0 aliphatic carbocycles. The van der Waals surface area contributed by atoms with E-state index in [4.69, 9.17) is 14.7 Å². The maximum Gasteiger partial charge on any atom is 0.183 e. The van der Waals surface area contributed by atoms with Gasteiger partial charge in [-0.15, -0.1) is 0 Å². The minimum atomic E-state index is -0.281. The van der Waals surface area contributed by atoms with E-state index in [1.807, 2.05) is 26.0 Å². The predicted molar refractivity (Wildman–Crippen MR) is 64.4 cm³/mol. The number of aryl methyl sites for hydroxylation is 2. The van der Waals surface area contributed by atoms with E-state index in [0.717, 1.165) is 35.5 Å². The summed E-state index contributed by atoms with van der Waals surface area (Å²) in [6.07, 6.45) is -0.281. The lowest BCUT2D eigenvalue weighted by molar-refractivity contribution is -0.202. The van der Waals surface area contributed by atoms with Gasteiger partial charge in [0.05, 0.1) is 24.8 Å². The topological polar surface area (TPSA) is 42.2 Å². The molecule has 1 heterocycles. The molecule has 1 aromatic carbocycles. The molecule has 0 amide bonds. The second-order valence-corrected chi connectivity index (χ2v) is 4.75. The van der Waals surface area contributed by atoms with E-state index in [2.05, 4.69) is 13.0 Å². The van der Waals surface area contributed by atoms with Crippen LogP contribution in [0, 0.1) is 31.1 Å². The van der Waals surface area contributed by atoms with Gasteiger partial charge in [-0.25, -0.2) is 0 Å².